The number of anilines is 1. The summed E-state index contributed by atoms with van der Waals surface area (Å²) < 4.78 is 13.0. The molecule has 0 bridgehead atoms. The van der Waals surface area contributed by atoms with E-state index in [1.165, 1.54) is 18.2 Å². The van der Waals surface area contributed by atoms with Crippen molar-refractivity contribution in [3.8, 4) is 0 Å². The van der Waals surface area contributed by atoms with Crippen molar-refractivity contribution < 1.29 is 19.1 Å². The van der Waals surface area contributed by atoms with Gasteiger partial charge in [-0.1, -0.05) is 26.3 Å². The summed E-state index contributed by atoms with van der Waals surface area (Å²) in [5.74, 6) is -1.65. The third kappa shape index (κ3) is 5.91. The molecule has 0 aliphatic heterocycles. The summed E-state index contributed by atoms with van der Waals surface area (Å²) in [6.45, 7) is 4.01. The molecule has 6 heteroatoms. The van der Waals surface area contributed by atoms with Crippen molar-refractivity contribution in [1.29, 1.82) is 0 Å². The van der Waals surface area contributed by atoms with Crippen molar-refractivity contribution in [2.75, 3.05) is 11.9 Å². The molecule has 0 aromatic heterocycles. The van der Waals surface area contributed by atoms with Crippen molar-refractivity contribution in [1.82, 2.24) is 5.32 Å². The minimum Gasteiger partial charge on any atom is -0.480 e. The first-order valence-corrected chi connectivity index (χ1v) is 6.95. The lowest BCUT2D eigenvalue weighted by atomic mass is 9.99. The quantitative estimate of drug-likeness (QED) is 0.687. The number of benzene rings is 1. The Bertz CT molecular complexity index is 494. The fraction of sp³-hybridized carbons (Fsp3) is 0.467. The predicted octanol–water partition coefficient (Wildman–Crippen LogP) is 2.24. The number of amides is 1. The second-order valence-electron chi connectivity index (χ2n) is 4.96. The summed E-state index contributed by atoms with van der Waals surface area (Å²) in [7, 11) is 0. The van der Waals surface area contributed by atoms with Gasteiger partial charge >= 0.3 is 5.97 Å². The molecule has 1 aromatic carbocycles. The summed E-state index contributed by atoms with van der Waals surface area (Å²) in [4.78, 5) is 22.8. The van der Waals surface area contributed by atoms with E-state index in [1.807, 2.05) is 13.8 Å². The van der Waals surface area contributed by atoms with E-state index in [0.29, 0.717) is 5.69 Å². The molecular weight excluding hydrogens is 275 g/mol. The number of carboxylic acids is 1. The Balaban J connectivity index is 2.40. The van der Waals surface area contributed by atoms with Crippen LogP contribution in [0, 0.1) is 11.7 Å². The van der Waals surface area contributed by atoms with Crippen LogP contribution >= 0.6 is 0 Å². The van der Waals surface area contributed by atoms with Gasteiger partial charge in [0.15, 0.2) is 0 Å². The molecule has 0 spiro atoms. The Labute approximate surface area is 123 Å². The van der Waals surface area contributed by atoms with E-state index in [4.69, 9.17) is 5.11 Å². The Morgan fingerprint density at radius 3 is 2.67 bits per heavy atom. The molecule has 5 nitrogen and oxygen atoms in total. The molecule has 0 saturated heterocycles. The first-order chi connectivity index (χ1) is 9.93. The van der Waals surface area contributed by atoms with Crippen LogP contribution in [0.25, 0.3) is 0 Å². The summed E-state index contributed by atoms with van der Waals surface area (Å²) in [5, 5.41) is 14.5. The number of halogens is 1. The van der Waals surface area contributed by atoms with Crippen LogP contribution in [0.3, 0.4) is 0 Å². The van der Waals surface area contributed by atoms with Gasteiger partial charge in [0.25, 0.3) is 0 Å². The smallest absolute Gasteiger partial charge is 0.320 e. The van der Waals surface area contributed by atoms with Gasteiger partial charge in [0.05, 0.1) is 0 Å². The third-order valence-electron chi connectivity index (χ3n) is 3.30. The van der Waals surface area contributed by atoms with Crippen LogP contribution in [-0.4, -0.2) is 29.6 Å². The maximum Gasteiger partial charge on any atom is 0.320 e. The van der Waals surface area contributed by atoms with Crippen LogP contribution in [0.5, 0.6) is 0 Å². The molecule has 1 amide bonds. The van der Waals surface area contributed by atoms with Crippen molar-refractivity contribution in [3.63, 3.8) is 0 Å². The molecule has 0 unspecified atom stereocenters. The van der Waals surface area contributed by atoms with Crippen molar-refractivity contribution in [2.45, 2.75) is 32.7 Å². The first-order valence-electron chi connectivity index (χ1n) is 6.95. The minimum absolute atomic E-state index is 0.0196. The Kier molecular flexibility index (Phi) is 6.81. The highest BCUT2D eigenvalue weighted by Crippen LogP contribution is 2.10. The normalized spacial score (nSPS) is 13.5. The second-order valence-corrected chi connectivity index (χ2v) is 4.96. The molecular formula is C15H21FN2O3. The number of hydrogen-bond acceptors (Lipinski definition) is 3. The maximum atomic E-state index is 13.0. The zero-order valence-electron chi connectivity index (χ0n) is 12.2. The van der Waals surface area contributed by atoms with E-state index in [-0.39, 0.29) is 24.8 Å². The molecule has 0 heterocycles. The number of hydrogen-bond donors (Lipinski definition) is 3. The molecule has 2 atom stereocenters. The van der Waals surface area contributed by atoms with Crippen LogP contribution in [-0.2, 0) is 9.59 Å². The number of carboxylic acid groups (broad SMARTS) is 1. The molecule has 116 valence electrons. The van der Waals surface area contributed by atoms with E-state index in [9.17, 15) is 14.0 Å². The second kappa shape index (κ2) is 8.36. The zero-order valence-corrected chi connectivity index (χ0v) is 12.2. The number of aliphatic carboxylic acids is 1. The average molecular weight is 296 g/mol. The molecule has 1 aromatic rings. The van der Waals surface area contributed by atoms with Gasteiger partial charge in [0.2, 0.25) is 5.91 Å². The van der Waals surface area contributed by atoms with Crippen molar-refractivity contribution in [3.05, 3.63) is 30.1 Å². The molecule has 21 heavy (non-hydrogen) atoms. The number of carbonyl (C=O) groups is 2. The summed E-state index contributed by atoms with van der Waals surface area (Å²) >= 11 is 0. The van der Waals surface area contributed by atoms with Crippen LogP contribution in [0.15, 0.2) is 24.3 Å². The Morgan fingerprint density at radius 1 is 1.38 bits per heavy atom. The maximum absolute atomic E-state index is 13.0. The van der Waals surface area contributed by atoms with Crippen LogP contribution < -0.4 is 10.6 Å². The van der Waals surface area contributed by atoms with Crippen LogP contribution in [0.1, 0.15) is 26.7 Å². The van der Waals surface area contributed by atoms with Gasteiger partial charge in [-0.15, -0.1) is 0 Å². The fourth-order valence-electron chi connectivity index (χ4n) is 1.90. The van der Waals surface area contributed by atoms with Crippen molar-refractivity contribution >= 4 is 17.6 Å². The molecule has 0 fully saturated rings. The minimum atomic E-state index is -0.921. The number of nitrogens with one attached hydrogen (secondary N) is 2. The molecule has 3 N–H and O–H groups in total. The molecule has 0 radical (unpaired) electrons. The first kappa shape index (κ1) is 17.1. The van der Waals surface area contributed by atoms with E-state index in [1.54, 1.807) is 6.07 Å². The van der Waals surface area contributed by atoms with Gasteiger partial charge in [-0.25, -0.2) is 4.39 Å². The molecule has 0 saturated carbocycles. The Morgan fingerprint density at radius 2 is 2.10 bits per heavy atom. The molecule has 0 aliphatic carbocycles. The largest absolute Gasteiger partial charge is 0.480 e. The highest BCUT2D eigenvalue weighted by Gasteiger charge is 2.22. The van der Waals surface area contributed by atoms with Gasteiger partial charge in [-0.2, -0.15) is 0 Å². The zero-order chi connectivity index (χ0) is 15.8. The molecule has 0 aliphatic rings. The molecule has 1 rings (SSSR count). The fourth-order valence-corrected chi connectivity index (χ4v) is 1.90. The third-order valence-corrected chi connectivity index (χ3v) is 3.30. The average Bonchev–Trinajstić information content (AvgIpc) is 2.42. The predicted molar refractivity (Wildman–Crippen MR) is 78.5 cm³/mol. The monoisotopic (exact) mass is 296 g/mol. The summed E-state index contributed by atoms with van der Waals surface area (Å²) in [6.07, 6.45) is 0.857. The van der Waals surface area contributed by atoms with Gasteiger partial charge in [-0.05, 0) is 24.1 Å². The topological polar surface area (TPSA) is 78.4 Å². The van der Waals surface area contributed by atoms with E-state index in [0.717, 1.165) is 6.42 Å². The van der Waals surface area contributed by atoms with Gasteiger partial charge < -0.3 is 15.7 Å². The van der Waals surface area contributed by atoms with Gasteiger partial charge in [0, 0.05) is 18.7 Å². The summed E-state index contributed by atoms with van der Waals surface area (Å²) in [6, 6.07) is 4.95. The lowest BCUT2D eigenvalue weighted by Gasteiger charge is -2.19. The van der Waals surface area contributed by atoms with Gasteiger partial charge in [0.1, 0.15) is 11.9 Å². The highest BCUT2D eigenvalue weighted by atomic mass is 19.1. The van der Waals surface area contributed by atoms with Crippen LogP contribution in [0.4, 0.5) is 10.1 Å². The van der Waals surface area contributed by atoms with Gasteiger partial charge in [-0.3, -0.25) is 9.59 Å². The van der Waals surface area contributed by atoms with E-state index >= 15 is 0 Å². The Hall–Kier alpha value is -1.95. The van der Waals surface area contributed by atoms with Crippen molar-refractivity contribution in [2.24, 2.45) is 5.92 Å². The van der Waals surface area contributed by atoms with E-state index in [2.05, 4.69) is 10.6 Å². The van der Waals surface area contributed by atoms with E-state index < -0.39 is 17.8 Å². The number of carbonyl (C=O) groups excluding carboxylic acids is 1. The highest BCUT2D eigenvalue weighted by molar-refractivity contribution is 5.90. The van der Waals surface area contributed by atoms with Crippen LogP contribution in [0.2, 0.25) is 0 Å². The standard InChI is InChI=1S/C15H21FN2O3/c1-3-10(2)14(15(20)21)17-8-7-13(19)18-12-6-4-5-11(16)9-12/h4-6,9-10,14,17H,3,7-8H2,1-2H3,(H,18,19)(H,20,21)/t10-,14-/m0/s1. The lowest BCUT2D eigenvalue weighted by Crippen LogP contribution is -2.42. The number of rotatable bonds is 8. The summed E-state index contributed by atoms with van der Waals surface area (Å²) in [5.41, 5.74) is 0.386. The SMILES string of the molecule is CC[C@H](C)[C@H](NCCC(=O)Nc1cccc(F)c1)C(=O)O. The lowest BCUT2D eigenvalue weighted by molar-refractivity contribution is -0.141.